The van der Waals surface area contributed by atoms with Crippen molar-refractivity contribution in [3.63, 3.8) is 0 Å². The maximum atomic E-state index is 12.8. The van der Waals surface area contributed by atoms with E-state index in [0.29, 0.717) is 28.3 Å². The summed E-state index contributed by atoms with van der Waals surface area (Å²) in [5.41, 5.74) is 1.39. The average molecular weight is 392 g/mol. The first-order valence-corrected chi connectivity index (χ1v) is 9.34. The Morgan fingerprint density at radius 1 is 0.964 bits per heavy atom. The Labute approximate surface area is 167 Å². The first-order chi connectivity index (χ1) is 13.5. The number of carbonyl (C=O) groups is 2. The van der Waals surface area contributed by atoms with Crippen LogP contribution in [0.5, 0.6) is 0 Å². The summed E-state index contributed by atoms with van der Waals surface area (Å²) < 4.78 is 0. The molecule has 140 valence electrons. The number of Topliss-reactive ketones (excluding diaryl/α,β-unsaturated/α-hetero) is 1. The van der Waals surface area contributed by atoms with Crippen molar-refractivity contribution in [1.82, 2.24) is 0 Å². The summed E-state index contributed by atoms with van der Waals surface area (Å²) in [6.45, 7) is 0. The second kappa shape index (κ2) is 7.23. The highest BCUT2D eigenvalue weighted by Crippen LogP contribution is 2.42. The van der Waals surface area contributed by atoms with Crippen LogP contribution in [0.4, 0.5) is 5.69 Å². The molecule has 1 amide bonds. The van der Waals surface area contributed by atoms with Gasteiger partial charge in [-0.2, -0.15) is 0 Å². The monoisotopic (exact) mass is 391 g/mol. The van der Waals surface area contributed by atoms with Crippen LogP contribution >= 0.6 is 11.6 Å². The number of anilines is 1. The molecule has 1 atom stereocenters. The van der Waals surface area contributed by atoms with E-state index in [1.165, 1.54) is 0 Å². The third-order valence-electron chi connectivity index (χ3n) is 5.01. The average Bonchev–Trinajstić information content (AvgIpc) is 2.94. The summed E-state index contributed by atoms with van der Waals surface area (Å²) in [6.07, 6.45) is 0.218. The number of rotatable bonds is 5. The third-order valence-corrected chi connectivity index (χ3v) is 5.26. The summed E-state index contributed by atoms with van der Waals surface area (Å²) >= 11 is 5.88. The van der Waals surface area contributed by atoms with E-state index < -0.39 is 11.5 Å². The van der Waals surface area contributed by atoms with Crippen molar-refractivity contribution in [3.8, 4) is 0 Å². The van der Waals surface area contributed by atoms with Gasteiger partial charge < -0.3 is 10.4 Å². The number of hydrogen-bond donors (Lipinski definition) is 2. The molecule has 1 heterocycles. The van der Waals surface area contributed by atoms with E-state index in [-0.39, 0.29) is 12.2 Å². The largest absolute Gasteiger partial charge is 0.375 e. The number of aliphatic hydroxyl groups is 1. The quantitative estimate of drug-likeness (QED) is 0.635. The van der Waals surface area contributed by atoms with Crippen LogP contribution in [-0.2, 0) is 16.8 Å². The predicted octanol–water partition coefficient (Wildman–Crippen LogP) is 4.34. The molecule has 3 aromatic rings. The van der Waals surface area contributed by atoms with Crippen LogP contribution < -0.4 is 5.32 Å². The van der Waals surface area contributed by atoms with Gasteiger partial charge in [0, 0.05) is 21.8 Å². The Morgan fingerprint density at radius 3 is 2.39 bits per heavy atom. The van der Waals surface area contributed by atoms with Crippen molar-refractivity contribution >= 4 is 29.0 Å². The predicted molar refractivity (Wildman–Crippen MR) is 109 cm³/mol. The fourth-order valence-corrected chi connectivity index (χ4v) is 3.76. The van der Waals surface area contributed by atoms with E-state index in [1.54, 1.807) is 30.3 Å². The fourth-order valence-electron chi connectivity index (χ4n) is 3.63. The molecule has 1 unspecified atom stereocenters. The topological polar surface area (TPSA) is 66.4 Å². The van der Waals surface area contributed by atoms with Crippen LogP contribution in [0, 0.1) is 0 Å². The molecule has 3 aromatic carbocycles. The van der Waals surface area contributed by atoms with Gasteiger partial charge >= 0.3 is 0 Å². The zero-order valence-corrected chi connectivity index (χ0v) is 15.7. The normalized spacial score (nSPS) is 17.9. The van der Waals surface area contributed by atoms with Crippen LogP contribution in [0.2, 0.25) is 5.02 Å². The van der Waals surface area contributed by atoms with Crippen LogP contribution in [0.3, 0.4) is 0 Å². The number of halogens is 1. The Bertz CT molecular complexity index is 1050. The molecule has 0 aromatic heterocycles. The summed E-state index contributed by atoms with van der Waals surface area (Å²) in [7, 11) is 0. The number of ketones is 1. The van der Waals surface area contributed by atoms with Gasteiger partial charge in [-0.05, 0) is 47.9 Å². The molecule has 1 aliphatic rings. The molecular weight excluding hydrogens is 374 g/mol. The molecule has 0 bridgehead atoms. The van der Waals surface area contributed by atoms with E-state index in [9.17, 15) is 14.7 Å². The highest BCUT2D eigenvalue weighted by molar-refractivity contribution is 6.30. The lowest BCUT2D eigenvalue weighted by Gasteiger charge is -2.23. The Morgan fingerprint density at radius 2 is 1.68 bits per heavy atom. The van der Waals surface area contributed by atoms with Crippen LogP contribution in [-0.4, -0.2) is 16.8 Å². The number of fused-ring (bicyclic) bond motifs is 1. The van der Waals surface area contributed by atoms with E-state index >= 15 is 0 Å². The van der Waals surface area contributed by atoms with Gasteiger partial charge in [-0.25, -0.2) is 0 Å². The molecule has 2 N–H and O–H groups in total. The van der Waals surface area contributed by atoms with Gasteiger partial charge in [-0.3, -0.25) is 9.59 Å². The molecule has 0 fully saturated rings. The highest BCUT2D eigenvalue weighted by atomic mass is 35.5. The lowest BCUT2D eigenvalue weighted by molar-refractivity contribution is -0.133. The molecule has 1 aliphatic heterocycles. The lowest BCUT2D eigenvalue weighted by Crippen LogP contribution is -2.37. The first kappa shape index (κ1) is 18.4. The second-order valence-corrected chi connectivity index (χ2v) is 7.36. The van der Waals surface area contributed by atoms with E-state index in [0.717, 1.165) is 11.1 Å². The Balaban J connectivity index is 1.70. The van der Waals surface area contributed by atoms with Crippen LogP contribution in [0.15, 0.2) is 72.8 Å². The van der Waals surface area contributed by atoms with Gasteiger partial charge in [0.1, 0.15) is 0 Å². The molecular formula is C23H18ClNO3. The van der Waals surface area contributed by atoms with Gasteiger partial charge in [-0.1, -0.05) is 54.1 Å². The van der Waals surface area contributed by atoms with Gasteiger partial charge in [0.25, 0.3) is 5.91 Å². The first-order valence-electron chi connectivity index (χ1n) is 8.96. The zero-order chi connectivity index (χ0) is 19.7. The maximum Gasteiger partial charge on any atom is 0.261 e. The van der Waals surface area contributed by atoms with E-state index in [4.69, 9.17) is 11.6 Å². The number of benzene rings is 3. The molecule has 4 rings (SSSR count). The van der Waals surface area contributed by atoms with Gasteiger partial charge in [0.05, 0.1) is 6.42 Å². The lowest BCUT2D eigenvalue weighted by atomic mass is 9.84. The number of amides is 1. The Kier molecular flexibility index (Phi) is 4.75. The molecule has 5 heteroatoms. The minimum absolute atomic E-state index is 0.323. The minimum Gasteiger partial charge on any atom is -0.375 e. The van der Waals surface area contributed by atoms with Crippen molar-refractivity contribution in [3.05, 3.63) is 100 Å². The SMILES string of the molecule is O=C(CC1(O)C(=O)Nc2cccc(Cc3ccccc3)c21)c1ccc(Cl)cc1. The van der Waals surface area contributed by atoms with Gasteiger partial charge in [-0.15, -0.1) is 0 Å². The Hall–Kier alpha value is -2.95. The van der Waals surface area contributed by atoms with Crippen LogP contribution in [0.1, 0.15) is 33.5 Å². The summed E-state index contributed by atoms with van der Waals surface area (Å²) in [4.78, 5) is 25.4. The second-order valence-electron chi connectivity index (χ2n) is 6.92. The third kappa shape index (κ3) is 3.33. The fraction of sp³-hybridized carbons (Fsp3) is 0.130. The number of nitrogens with one attached hydrogen (secondary N) is 1. The molecule has 0 saturated carbocycles. The molecule has 0 aliphatic carbocycles. The smallest absolute Gasteiger partial charge is 0.261 e. The maximum absolute atomic E-state index is 12.8. The van der Waals surface area contributed by atoms with E-state index in [1.807, 2.05) is 42.5 Å². The number of hydrogen-bond acceptors (Lipinski definition) is 3. The van der Waals surface area contributed by atoms with E-state index in [2.05, 4.69) is 5.32 Å². The van der Waals surface area contributed by atoms with Crippen molar-refractivity contribution in [2.24, 2.45) is 0 Å². The summed E-state index contributed by atoms with van der Waals surface area (Å²) in [5, 5.41) is 14.5. The van der Waals surface area contributed by atoms with Crippen molar-refractivity contribution in [2.45, 2.75) is 18.4 Å². The summed E-state index contributed by atoms with van der Waals surface area (Å²) in [6, 6.07) is 21.7. The molecule has 4 nitrogen and oxygen atoms in total. The molecule has 28 heavy (non-hydrogen) atoms. The van der Waals surface area contributed by atoms with Crippen LogP contribution in [0.25, 0.3) is 0 Å². The van der Waals surface area contributed by atoms with Gasteiger partial charge in [0.2, 0.25) is 0 Å². The highest BCUT2D eigenvalue weighted by Gasteiger charge is 2.48. The standard InChI is InChI=1S/C23H18ClNO3/c24-18-11-9-16(10-12-18)20(26)14-23(28)21-17(13-15-5-2-1-3-6-15)7-4-8-19(21)25-22(23)27/h1-12,28H,13-14H2,(H,25,27). The van der Waals surface area contributed by atoms with Crippen molar-refractivity contribution < 1.29 is 14.7 Å². The number of carbonyl (C=O) groups excluding carboxylic acids is 2. The minimum atomic E-state index is -1.91. The molecule has 0 saturated heterocycles. The summed E-state index contributed by atoms with van der Waals surface area (Å²) in [5.74, 6) is -0.901. The van der Waals surface area contributed by atoms with Crippen molar-refractivity contribution in [1.29, 1.82) is 0 Å². The molecule has 0 spiro atoms. The zero-order valence-electron chi connectivity index (χ0n) is 15.0. The van der Waals surface area contributed by atoms with Crippen molar-refractivity contribution in [2.75, 3.05) is 5.32 Å². The van der Waals surface area contributed by atoms with Gasteiger partial charge in [0.15, 0.2) is 11.4 Å². The molecule has 0 radical (unpaired) electrons.